The molecule has 0 saturated heterocycles. The van der Waals surface area contributed by atoms with Crippen molar-refractivity contribution in [3.63, 3.8) is 0 Å². The molecule has 1 N–H and O–H groups in total. The lowest BCUT2D eigenvalue weighted by molar-refractivity contribution is 0.0952. The van der Waals surface area contributed by atoms with Gasteiger partial charge in [0.2, 0.25) is 0 Å². The highest BCUT2D eigenvalue weighted by molar-refractivity contribution is 7.99. The van der Waals surface area contributed by atoms with Gasteiger partial charge in [0, 0.05) is 9.79 Å². The van der Waals surface area contributed by atoms with Crippen LogP contribution in [0.1, 0.15) is 15.9 Å². The van der Waals surface area contributed by atoms with Crippen LogP contribution >= 0.6 is 11.8 Å². The van der Waals surface area contributed by atoms with Gasteiger partial charge in [-0.15, -0.1) is 0 Å². The standard InChI is InChI=1S/C25H20N2O2S/c1-29-24-16-20-8-6-5-7-19(20)15-23(24)25(28)27-26-17-18-11-13-22(14-12-18)30-21-9-3-2-4-10-21/h2-17H,1H3,(H,27,28). The van der Waals surface area contributed by atoms with Crippen molar-refractivity contribution in [1.82, 2.24) is 5.43 Å². The predicted molar refractivity (Wildman–Crippen MR) is 123 cm³/mol. The molecular formula is C25H20N2O2S. The van der Waals surface area contributed by atoms with Crippen LogP contribution in [0.5, 0.6) is 5.75 Å². The summed E-state index contributed by atoms with van der Waals surface area (Å²) in [6.07, 6.45) is 1.63. The van der Waals surface area contributed by atoms with Gasteiger partial charge in [0.1, 0.15) is 5.75 Å². The van der Waals surface area contributed by atoms with E-state index < -0.39 is 0 Å². The topological polar surface area (TPSA) is 50.7 Å². The lowest BCUT2D eigenvalue weighted by Crippen LogP contribution is -2.18. The fourth-order valence-corrected chi connectivity index (χ4v) is 3.88. The van der Waals surface area contributed by atoms with E-state index in [4.69, 9.17) is 4.74 Å². The van der Waals surface area contributed by atoms with E-state index in [2.05, 4.69) is 22.7 Å². The molecule has 0 radical (unpaired) electrons. The molecule has 4 nitrogen and oxygen atoms in total. The maximum absolute atomic E-state index is 12.6. The zero-order valence-corrected chi connectivity index (χ0v) is 17.2. The Balaban J connectivity index is 1.43. The number of methoxy groups -OCH3 is 1. The first-order valence-corrected chi connectivity index (χ1v) is 10.3. The molecule has 1 amide bonds. The molecule has 0 aromatic heterocycles. The molecule has 0 aliphatic carbocycles. The third kappa shape index (κ3) is 4.70. The molecule has 4 rings (SSSR count). The second-order valence-electron chi connectivity index (χ2n) is 6.58. The molecule has 4 aromatic carbocycles. The number of amides is 1. The summed E-state index contributed by atoms with van der Waals surface area (Å²) in [5, 5.41) is 6.09. The summed E-state index contributed by atoms with van der Waals surface area (Å²) in [6.45, 7) is 0. The van der Waals surface area contributed by atoms with Crippen LogP contribution in [0.25, 0.3) is 10.8 Å². The predicted octanol–water partition coefficient (Wildman–Crippen LogP) is 5.76. The summed E-state index contributed by atoms with van der Waals surface area (Å²) in [4.78, 5) is 14.9. The summed E-state index contributed by atoms with van der Waals surface area (Å²) in [5.74, 6) is 0.203. The van der Waals surface area contributed by atoms with Gasteiger partial charge in [0.25, 0.3) is 5.91 Å². The quantitative estimate of drug-likeness (QED) is 0.323. The molecule has 0 saturated carbocycles. The smallest absolute Gasteiger partial charge is 0.275 e. The van der Waals surface area contributed by atoms with Crippen molar-refractivity contribution in [3.8, 4) is 5.75 Å². The number of nitrogens with zero attached hydrogens (tertiary/aromatic N) is 1. The van der Waals surface area contributed by atoms with E-state index in [-0.39, 0.29) is 5.91 Å². The monoisotopic (exact) mass is 412 g/mol. The Kier molecular flexibility index (Phi) is 6.11. The zero-order valence-electron chi connectivity index (χ0n) is 16.4. The maximum Gasteiger partial charge on any atom is 0.275 e. The first-order chi connectivity index (χ1) is 14.7. The number of fused-ring (bicyclic) bond motifs is 1. The number of nitrogens with one attached hydrogen (secondary N) is 1. The van der Waals surface area contributed by atoms with Gasteiger partial charge < -0.3 is 4.74 Å². The molecule has 4 aromatic rings. The third-order valence-electron chi connectivity index (χ3n) is 4.55. The number of hydrogen-bond donors (Lipinski definition) is 1. The molecular weight excluding hydrogens is 392 g/mol. The second kappa shape index (κ2) is 9.29. The Bertz CT molecular complexity index is 1190. The Labute approximate surface area is 179 Å². The minimum atomic E-state index is -0.315. The van der Waals surface area contributed by atoms with Gasteiger partial charge in [-0.1, -0.05) is 66.4 Å². The van der Waals surface area contributed by atoms with E-state index in [1.807, 2.05) is 78.9 Å². The Hall–Kier alpha value is -3.57. The van der Waals surface area contributed by atoms with E-state index in [9.17, 15) is 4.79 Å². The molecule has 0 unspecified atom stereocenters. The van der Waals surface area contributed by atoms with Crippen LogP contribution in [0, 0.1) is 0 Å². The van der Waals surface area contributed by atoms with Crippen molar-refractivity contribution in [2.75, 3.05) is 7.11 Å². The molecule has 0 spiro atoms. The summed E-state index contributed by atoms with van der Waals surface area (Å²) < 4.78 is 5.39. The Morgan fingerprint density at radius 2 is 1.50 bits per heavy atom. The number of carbonyl (C=O) groups excluding carboxylic acids is 1. The highest BCUT2D eigenvalue weighted by Gasteiger charge is 2.13. The van der Waals surface area contributed by atoms with Gasteiger partial charge in [-0.05, 0) is 52.7 Å². The van der Waals surface area contributed by atoms with Crippen molar-refractivity contribution in [2.24, 2.45) is 5.10 Å². The normalized spacial score (nSPS) is 11.0. The average Bonchev–Trinajstić information content (AvgIpc) is 2.80. The summed E-state index contributed by atoms with van der Waals surface area (Å²) in [7, 11) is 1.55. The van der Waals surface area contributed by atoms with Crippen LogP contribution in [0.2, 0.25) is 0 Å². The van der Waals surface area contributed by atoms with E-state index in [1.165, 1.54) is 4.90 Å². The highest BCUT2D eigenvalue weighted by Crippen LogP contribution is 2.27. The van der Waals surface area contributed by atoms with Gasteiger partial charge >= 0.3 is 0 Å². The van der Waals surface area contributed by atoms with Gasteiger partial charge in [0.05, 0.1) is 18.9 Å². The number of hydrazone groups is 1. The fourth-order valence-electron chi connectivity index (χ4n) is 3.04. The molecule has 0 heterocycles. The van der Waals surface area contributed by atoms with Gasteiger partial charge in [0.15, 0.2) is 0 Å². The van der Waals surface area contributed by atoms with Crippen molar-refractivity contribution in [2.45, 2.75) is 9.79 Å². The van der Waals surface area contributed by atoms with E-state index in [1.54, 1.807) is 25.1 Å². The first-order valence-electron chi connectivity index (χ1n) is 9.46. The van der Waals surface area contributed by atoms with Crippen molar-refractivity contribution < 1.29 is 9.53 Å². The average molecular weight is 413 g/mol. The summed E-state index contributed by atoms with van der Waals surface area (Å²) in [6, 6.07) is 29.7. The maximum atomic E-state index is 12.6. The van der Waals surface area contributed by atoms with Crippen LogP contribution in [-0.2, 0) is 0 Å². The number of ether oxygens (including phenoxy) is 1. The zero-order chi connectivity index (χ0) is 20.8. The first kappa shape index (κ1) is 19.7. The van der Waals surface area contributed by atoms with E-state index in [0.717, 1.165) is 21.2 Å². The Morgan fingerprint density at radius 1 is 0.867 bits per heavy atom. The number of rotatable bonds is 6. The largest absolute Gasteiger partial charge is 0.496 e. The minimum Gasteiger partial charge on any atom is -0.496 e. The molecule has 0 aliphatic heterocycles. The van der Waals surface area contributed by atoms with Crippen LogP contribution in [-0.4, -0.2) is 19.2 Å². The molecule has 0 fully saturated rings. The number of benzene rings is 4. The van der Waals surface area contributed by atoms with Crippen LogP contribution in [0.4, 0.5) is 0 Å². The lowest BCUT2D eigenvalue weighted by Gasteiger charge is -2.09. The van der Waals surface area contributed by atoms with Crippen LogP contribution in [0.3, 0.4) is 0 Å². The summed E-state index contributed by atoms with van der Waals surface area (Å²) >= 11 is 1.70. The molecule has 0 aliphatic rings. The summed E-state index contributed by atoms with van der Waals surface area (Å²) in [5.41, 5.74) is 3.93. The minimum absolute atomic E-state index is 0.315. The van der Waals surface area contributed by atoms with Gasteiger partial charge in [-0.2, -0.15) is 5.10 Å². The van der Waals surface area contributed by atoms with Crippen LogP contribution in [0.15, 0.2) is 106 Å². The molecule has 0 atom stereocenters. The second-order valence-corrected chi connectivity index (χ2v) is 7.73. The van der Waals surface area contributed by atoms with Gasteiger partial charge in [-0.3, -0.25) is 4.79 Å². The van der Waals surface area contributed by atoms with E-state index in [0.29, 0.717) is 11.3 Å². The number of carbonyl (C=O) groups is 1. The molecule has 5 heteroatoms. The SMILES string of the molecule is COc1cc2ccccc2cc1C(=O)NN=Cc1ccc(Sc2ccccc2)cc1. The van der Waals surface area contributed by atoms with E-state index >= 15 is 0 Å². The van der Waals surface area contributed by atoms with Crippen molar-refractivity contribution >= 4 is 34.7 Å². The number of hydrogen-bond acceptors (Lipinski definition) is 4. The lowest BCUT2D eigenvalue weighted by atomic mass is 10.1. The third-order valence-corrected chi connectivity index (χ3v) is 5.57. The molecule has 30 heavy (non-hydrogen) atoms. The Morgan fingerprint density at radius 3 is 2.20 bits per heavy atom. The van der Waals surface area contributed by atoms with Gasteiger partial charge in [-0.25, -0.2) is 5.43 Å². The highest BCUT2D eigenvalue weighted by atomic mass is 32.2. The fraction of sp³-hybridized carbons (Fsp3) is 0.0400. The molecule has 0 bridgehead atoms. The van der Waals surface area contributed by atoms with Crippen molar-refractivity contribution in [3.05, 3.63) is 102 Å². The molecule has 148 valence electrons. The van der Waals surface area contributed by atoms with Crippen molar-refractivity contribution in [1.29, 1.82) is 0 Å². The van der Waals surface area contributed by atoms with Crippen LogP contribution < -0.4 is 10.2 Å².